The van der Waals surface area contributed by atoms with Crippen LogP contribution in [0.2, 0.25) is 5.02 Å². The van der Waals surface area contributed by atoms with Crippen LogP contribution >= 0.6 is 23.4 Å². The van der Waals surface area contributed by atoms with E-state index in [1.165, 1.54) is 0 Å². The minimum absolute atomic E-state index is 0.318. The first-order chi connectivity index (χ1) is 12.6. The Bertz CT molecular complexity index is 1120. The number of nitrogens with one attached hydrogen (secondary N) is 1. The summed E-state index contributed by atoms with van der Waals surface area (Å²) in [6, 6.07) is 17.5. The van der Waals surface area contributed by atoms with E-state index < -0.39 is 0 Å². The molecule has 0 aliphatic rings. The van der Waals surface area contributed by atoms with E-state index in [1.807, 2.05) is 66.1 Å². The van der Waals surface area contributed by atoms with Crippen molar-refractivity contribution in [2.75, 3.05) is 0 Å². The number of fused-ring (bicyclic) bond motifs is 1. The Hall–Kier alpha value is -2.57. The monoisotopic (exact) mass is 382 g/mol. The van der Waals surface area contributed by atoms with Gasteiger partial charge in [0.1, 0.15) is 10.9 Å². The summed E-state index contributed by atoms with van der Waals surface area (Å²) in [5, 5.41) is 14.7. The van der Waals surface area contributed by atoms with Gasteiger partial charge in [0.2, 0.25) is 0 Å². The average molecular weight is 383 g/mol. The zero-order chi connectivity index (χ0) is 18.1. The predicted molar refractivity (Wildman–Crippen MR) is 103 cm³/mol. The molecule has 0 aliphatic heterocycles. The summed E-state index contributed by atoms with van der Waals surface area (Å²) >= 11 is 7.50. The molecule has 0 aliphatic carbocycles. The molecule has 0 fully saturated rings. The second-order valence-electron chi connectivity index (χ2n) is 5.78. The highest BCUT2D eigenvalue weighted by Crippen LogP contribution is 2.25. The highest BCUT2D eigenvalue weighted by molar-refractivity contribution is 7.98. The van der Waals surface area contributed by atoms with Crippen molar-refractivity contribution in [2.45, 2.75) is 17.8 Å². The maximum absolute atomic E-state index is 8.68. The molecule has 5 nitrogen and oxygen atoms in total. The van der Waals surface area contributed by atoms with Crippen LogP contribution in [0.4, 0.5) is 0 Å². The van der Waals surface area contributed by atoms with Crippen LogP contribution in [0.1, 0.15) is 11.3 Å². The van der Waals surface area contributed by atoms with Gasteiger partial charge in [0.25, 0.3) is 5.71 Å². The van der Waals surface area contributed by atoms with Crippen molar-refractivity contribution in [3.63, 3.8) is 0 Å². The van der Waals surface area contributed by atoms with Gasteiger partial charge in [-0.3, -0.25) is 9.98 Å². The molecule has 1 N–H and O–H groups in total. The van der Waals surface area contributed by atoms with Gasteiger partial charge in [-0.15, -0.1) is 0 Å². The van der Waals surface area contributed by atoms with Gasteiger partial charge >= 0.3 is 0 Å². The Morgan fingerprint density at radius 1 is 1.12 bits per heavy atom. The Morgan fingerprint density at radius 2 is 1.85 bits per heavy atom. The normalized spacial score (nSPS) is 11.2. The molecule has 0 saturated heterocycles. The van der Waals surface area contributed by atoms with Crippen molar-refractivity contribution in [1.82, 2.24) is 14.7 Å². The van der Waals surface area contributed by atoms with E-state index in [9.17, 15) is 0 Å². The van der Waals surface area contributed by atoms with Crippen molar-refractivity contribution in [3.8, 4) is 5.69 Å². The zero-order valence-corrected chi connectivity index (χ0v) is 15.5. The van der Waals surface area contributed by atoms with Crippen molar-refractivity contribution >= 4 is 34.5 Å². The number of hydrogen-bond acceptors (Lipinski definition) is 5. The largest absolute Gasteiger partial charge is 0.335 e. The summed E-state index contributed by atoms with van der Waals surface area (Å²) in [6.45, 7) is 1.82. The molecule has 0 unspecified atom stereocenters. The summed E-state index contributed by atoms with van der Waals surface area (Å²) in [6.07, 6.45) is 0. The molecular weight excluding hydrogens is 368 g/mol. The predicted octanol–water partition coefficient (Wildman–Crippen LogP) is 4.75. The van der Waals surface area contributed by atoms with Crippen LogP contribution in [0.3, 0.4) is 0 Å². The lowest BCUT2D eigenvalue weighted by Gasteiger charge is -2.13. The fraction of sp³-hybridized carbons (Fsp3) is 0.105. The smallest absolute Gasteiger partial charge is 0.264 e. The van der Waals surface area contributed by atoms with Crippen LogP contribution in [-0.4, -0.2) is 14.7 Å². The minimum Gasteiger partial charge on any atom is -0.335 e. The lowest BCUT2D eigenvalue weighted by molar-refractivity contribution is 0.439. The third kappa shape index (κ3) is 3.13. The van der Waals surface area contributed by atoms with Crippen LogP contribution in [-0.2, 0) is 5.75 Å². The molecule has 26 heavy (non-hydrogen) atoms. The quantitative estimate of drug-likeness (QED) is 0.408. The highest BCUT2D eigenvalue weighted by Gasteiger charge is 2.16. The van der Waals surface area contributed by atoms with E-state index in [-0.39, 0.29) is 0 Å². The second-order valence-corrected chi connectivity index (χ2v) is 7.16. The molecular formula is C19H15ClN4OS. The molecule has 4 rings (SSSR count). The summed E-state index contributed by atoms with van der Waals surface area (Å²) < 4.78 is 7.13. The molecule has 2 aromatic carbocycles. The van der Waals surface area contributed by atoms with Gasteiger partial charge in [0.05, 0.1) is 5.69 Å². The first-order valence-corrected chi connectivity index (χ1v) is 9.36. The molecule has 130 valence electrons. The van der Waals surface area contributed by atoms with Crippen molar-refractivity contribution in [1.29, 1.82) is 5.41 Å². The molecule has 0 radical (unpaired) electrons. The second kappa shape index (κ2) is 6.97. The van der Waals surface area contributed by atoms with Gasteiger partial charge in [-0.2, -0.15) is 4.98 Å². The first-order valence-electron chi connectivity index (χ1n) is 8.00. The third-order valence-electron chi connectivity index (χ3n) is 3.99. The van der Waals surface area contributed by atoms with Gasteiger partial charge in [0.15, 0.2) is 5.16 Å². The fourth-order valence-electron chi connectivity index (χ4n) is 2.69. The van der Waals surface area contributed by atoms with Gasteiger partial charge in [0, 0.05) is 16.5 Å². The molecule has 0 saturated carbocycles. The number of aromatic nitrogens is 3. The van der Waals surface area contributed by atoms with E-state index in [0.717, 1.165) is 11.3 Å². The van der Waals surface area contributed by atoms with Gasteiger partial charge in [-0.05, 0) is 36.8 Å². The van der Waals surface area contributed by atoms with E-state index >= 15 is 0 Å². The molecule has 2 heterocycles. The van der Waals surface area contributed by atoms with Crippen molar-refractivity contribution in [2.24, 2.45) is 0 Å². The number of para-hydroxylation sites is 1. The van der Waals surface area contributed by atoms with Crippen LogP contribution in [0, 0.1) is 12.3 Å². The minimum atomic E-state index is 0.318. The SMILES string of the molecule is Cc1noc2nc(SCc3ccc(Cl)cc3)n(-c3ccccc3)c(=N)c12. The molecule has 2 aromatic heterocycles. The molecule has 4 aromatic rings. The van der Waals surface area contributed by atoms with E-state index in [2.05, 4.69) is 10.1 Å². The number of benzene rings is 2. The summed E-state index contributed by atoms with van der Waals surface area (Å²) in [5.74, 6) is 0.703. The number of nitrogens with zero attached hydrogens (tertiary/aromatic N) is 3. The van der Waals surface area contributed by atoms with E-state index in [0.29, 0.717) is 38.2 Å². The van der Waals surface area contributed by atoms with Crippen LogP contribution in [0.15, 0.2) is 64.3 Å². The number of halogens is 1. The first kappa shape index (κ1) is 16.9. The Balaban J connectivity index is 1.82. The van der Waals surface area contributed by atoms with E-state index in [1.54, 1.807) is 11.8 Å². The van der Waals surface area contributed by atoms with Crippen LogP contribution in [0.25, 0.3) is 16.8 Å². The van der Waals surface area contributed by atoms with E-state index in [4.69, 9.17) is 21.5 Å². The molecule has 0 spiro atoms. The third-order valence-corrected chi connectivity index (χ3v) is 5.25. The van der Waals surface area contributed by atoms with Crippen molar-refractivity contribution in [3.05, 3.63) is 76.4 Å². The zero-order valence-electron chi connectivity index (χ0n) is 13.9. The Morgan fingerprint density at radius 3 is 2.58 bits per heavy atom. The Kier molecular flexibility index (Phi) is 4.53. The molecule has 7 heteroatoms. The number of rotatable bonds is 4. The van der Waals surface area contributed by atoms with Gasteiger partial charge in [-0.1, -0.05) is 58.9 Å². The maximum atomic E-state index is 8.68. The summed E-state index contributed by atoms with van der Waals surface area (Å²) in [7, 11) is 0. The lowest BCUT2D eigenvalue weighted by Crippen LogP contribution is -2.22. The molecule has 0 bridgehead atoms. The average Bonchev–Trinajstić information content (AvgIpc) is 3.03. The van der Waals surface area contributed by atoms with Gasteiger partial charge in [-0.25, -0.2) is 0 Å². The molecule has 0 atom stereocenters. The number of aryl methyl sites for hydroxylation is 1. The number of hydrogen-bond donors (Lipinski definition) is 1. The van der Waals surface area contributed by atoms with Gasteiger partial charge < -0.3 is 4.52 Å². The number of thioether (sulfide) groups is 1. The molecule has 0 amide bonds. The highest BCUT2D eigenvalue weighted by atomic mass is 35.5. The topological polar surface area (TPSA) is 67.7 Å². The summed E-state index contributed by atoms with van der Waals surface area (Å²) in [4.78, 5) is 4.62. The standard InChI is InChI=1S/C19H15ClN4OS/c1-12-16-17(21)24(15-5-3-2-4-6-15)19(22-18(16)25-23-12)26-11-13-7-9-14(20)10-8-13/h2-10,21H,11H2,1H3. The maximum Gasteiger partial charge on any atom is 0.264 e. The van der Waals surface area contributed by atoms with Crippen molar-refractivity contribution < 1.29 is 4.52 Å². The fourth-order valence-corrected chi connectivity index (χ4v) is 3.78. The van der Waals surface area contributed by atoms with Crippen LogP contribution < -0.4 is 5.49 Å². The van der Waals surface area contributed by atoms with Crippen LogP contribution in [0.5, 0.6) is 0 Å². The lowest BCUT2D eigenvalue weighted by atomic mass is 10.2. The Labute approximate surface area is 159 Å². The summed E-state index contributed by atoms with van der Waals surface area (Å²) in [5.41, 5.74) is 3.38.